The van der Waals surface area contributed by atoms with Crippen LogP contribution >= 0.6 is 0 Å². The molecule has 4 atom stereocenters. The van der Waals surface area contributed by atoms with Crippen molar-refractivity contribution in [3.8, 4) is 28.7 Å². The van der Waals surface area contributed by atoms with E-state index in [2.05, 4.69) is 40.9 Å². The Balaban J connectivity index is 1.25. The first-order valence-corrected chi connectivity index (χ1v) is 20.3. The summed E-state index contributed by atoms with van der Waals surface area (Å²) < 4.78 is 37.8. The van der Waals surface area contributed by atoms with Gasteiger partial charge in [-0.25, -0.2) is 8.78 Å². The van der Waals surface area contributed by atoms with Crippen molar-refractivity contribution in [1.82, 2.24) is 19.9 Å². The van der Waals surface area contributed by atoms with Crippen LogP contribution in [0.15, 0.2) is 42.6 Å². The summed E-state index contributed by atoms with van der Waals surface area (Å²) in [5.74, 6) is 4.84. The second kappa shape index (κ2) is 11.3. The van der Waals surface area contributed by atoms with Gasteiger partial charge in [0, 0.05) is 48.8 Å². The summed E-state index contributed by atoms with van der Waals surface area (Å²) in [6.07, 6.45) is 6.93. The molecule has 9 heteroatoms. The fourth-order valence-electron chi connectivity index (χ4n) is 8.44. The van der Waals surface area contributed by atoms with Gasteiger partial charge in [0.15, 0.2) is 5.82 Å². The van der Waals surface area contributed by atoms with Crippen molar-refractivity contribution >= 4 is 35.6 Å². The molecule has 8 rings (SSSR count). The summed E-state index contributed by atoms with van der Waals surface area (Å²) in [6, 6.07) is 12.1. The number of pyridine rings is 1. The minimum Gasteiger partial charge on any atom is -0.461 e. The van der Waals surface area contributed by atoms with Gasteiger partial charge in [0.05, 0.1) is 10.9 Å². The second-order valence-electron chi connectivity index (χ2n) is 15.0. The van der Waals surface area contributed by atoms with Gasteiger partial charge in [-0.15, -0.1) is 5.54 Å². The van der Waals surface area contributed by atoms with Crippen molar-refractivity contribution < 1.29 is 13.5 Å². The number of hydrogen-bond donors (Lipinski definition) is 0. The van der Waals surface area contributed by atoms with Gasteiger partial charge >= 0.3 is 6.01 Å². The van der Waals surface area contributed by atoms with E-state index in [0.29, 0.717) is 48.2 Å². The van der Waals surface area contributed by atoms with Crippen molar-refractivity contribution in [2.45, 2.75) is 69.9 Å². The van der Waals surface area contributed by atoms with Crippen LogP contribution in [0.5, 0.6) is 6.01 Å². The summed E-state index contributed by atoms with van der Waals surface area (Å²) in [7, 11) is -1.65. The highest BCUT2D eigenvalue weighted by Crippen LogP contribution is 2.43. The molecule has 6 nitrogen and oxygen atoms in total. The van der Waals surface area contributed by atoms with Crippen LogP contribution in [0, 0.1) is 29.1 Å². The van der Waals surface area contributed by atoms with E-state index in [0.717, 1.165) is 48.8 Å². The molecule has 2 aromatic heterocycles. The van der Waals surface area contributed by atoms with Crippen molar-refractivity contribution in [2.24, 2.45) is 11.8 Å². The van der Waals surface area contributed by atoms with E-state index in [4.69, 9.17) is 19.7 Å². The standard InChI is InChI=1S/C37H41F2N5OSi/c1-46(2,3)16-13-27-8-4-7-26-9-5-10-29(31(26)27)33-32(39)34-30(19-40-33)35(43-20-24-11-12-25(17-24)21-43)42-36(41-34)45-23-37-14-6-15-44(37)22-28(38)18-37/h4-5,7-10,19,24-25,28H,6,11-12,14-15,17-18,20-23H2,1-3H3/t24?,25?,28-,37?/m0/s1. The van der Waals surface area contributed by atoms with Crippen molar-refractivity contribution in [3.05, 3.63) is 54.0 Å². The molecule has 0 amide bonds. The number of alkyl halides is 1. The van der Waals surface area contributed by atoms with Crippen LogP contribution in [-0.2, 0) is 0 Å². The summed E-state index contributed by atoms with van der Waals surface area (Å²) in [5.41, 5.74) is 5.14. The lowest BCUT2D eigenvalue weighted by Crippen LogP contribution is -2.43. The topological polar surface area (TPSA) is 54.4 Å². The SMILES string of the molecule is C[Si](C)(C)C#Cc1cccc2cccc(-c3ncc4c(N5CC6CCC(C6)C5)nc(OCC56CCCN5C[C@@H](F)C6)nc4c3F)c12. The predicted molar refractivity (Wildman–Crippen MR) is 182 cm³/mol. The zero-order valence-corrected chi connectivity index (χ0v) is 28.0. The average Bonchev–Trinajstić information content (AvgIpc) is 3.68. The Hall–Kier alpha value is -3.61. The highest BCUT2D eigenvalue weighted by molar-refractivity contribution is 6.83. The third kappa shape index (κ3) is 5.33. The molecule has 238 valence electrons. The monoisotopic (exact) mass is 637 g/mol. The van der Waals surface area contributed by atoms with E-state index in [-0.39, 0.29) is 22.8 Å². The Morgan fingerprint density at radius 3 is 2.61 bits per heavy atom. The number of fused-ring (bicyclic) bond motifs is 5. The van der Waals surface area contributed by atoms with E-state index in [9.17, 15) is 4.39 Å². The zero-order valence-electron chi connectivity index (χ0n) is 27.0. The van der Waals surface area contributed by atoms with Crippen LogP contribution in [0.4, 0.5) is 14.6 Å². The van der Waals surface area contributed by atoms with Crippen molar-refractivity contribution in [2.75, 3.05) is 37.7 Å². The van der Waals surface area contributed by atoms with Crippen LogP contribution in [0.3, 0.4) is 0 Å². The van der Waals surface area contributed by atoms with Crippen molar-refractivity contribution in [3.63, 3.8) is 0 Å². The molecule has 3 aliphatic heterocycles. The molecule has 0 radical (unpaired) electrons. The molecule has 4 aliphatic rings. The maximum absolute atomic E-state index is 17.0. The van der Waals surface area contributed by atoms with E-state index >= 15 is 4.39 Å². The maximum atomic E-state index is 17.0. The molecule has 1 aliphatic carbocycles. The number of ether oxygens (including phenoxy) is 1. The molecule has 5 heterocycles. The van der Waals surface area contributed by atoms with Gasteiger partial charge in [-0.1, -0.05) is 55.9 Å². The molecule has 3 saturated heterocycles. The second-order valence-corrected chi connectivity index (χ2v) is 19.8. The Kier molecular flexibility index (Phi) is 7.29. The molecule has 0 spiro atoms. The molecule has 0 N–H and O–H groups in total. The first-order valence-electron chi connectivity index (χ1n) is 16.8. The molecular weight excluding hydrogens is 597 g/mol. The predicted octanol–water partition coefficient (Wildman–Crippen LogP) is 7.40. The molecule has 3 unspecified atom stereocenters. The molecule has 46 heavy (non-hydrogen) atoms. The number of piperidine rings is 1. The third-order valence-electron chi connectivity index (χ3n) is 10.5. The molecule has 4 fully saturated rings. The molecular formula is C37H41F2N5OSi. The minimum absolute atomic E-state index is 0.152. The van der Waals surface area contributed by atoms with Crippen LogP contribution in [-0.4, -0.2) is 72.4 Å². The number of hydrogen-bond acceptors (Lipinski definition) is 6. The lowest BCUT2D eigenvalue weighted by atomic mass is 9.95. The highest BCUT2D eigenvalue weighted by atomic mass is 28.3. The number of aromatic nitrogens is 3. The van der Waals surface area contributed by atoms with E-state index in [1.165, 1.54) is 19.3 Å². The summed E-state index contributed by atoms with van der Waals surface area (Å²) in [5, 5.41) is 2.47. The number of rotatable bonds is 5. The van der Waals surface area contributed by atoms with Crippen LogP contribution in [0.1, 0.15) is 44.1 Å². The van der Waals surface area contributed by atoms with E-state index in [1.807, 2.05) is 36.4 Å². The lowest BCUT2D eigenvalue weighted by Gasteiger charge is -2.34. The smallest absolute Gasteiger partial charge is 0.319 e. The maximum Gasteiger partial charge on any atom is 0.319 e. The number of halogens is 2. The number of nitrogens with zero attached hydrogens (tertiary/aromatic N) is 5. The van der Waals surface area contributed by atoms with Gasteiger partial charge in [-0.3, -0.25) is 9.88 Å². The van der Waals surface area contributed by atoms with E-state index < -0.39 is 20.1 Å². The normalized spacial score (nSPS) is 26.0. The molecule has 2 bridgehead atoms. The first-order chi connectivity index (χ1) is 22.2. The van der Waals surface area contributed by atoms with E-state index in [1.54, 1.807) is 6.20 Å². The van der Waals surface area contributed by atoms with Crippen LogP contribution in [0.25, 0.3) is 32.9 Å². The van der Waals surface area contributed by atoms with Crippen LogP contribution < -0.4 is 9.64 Å². The van der Waals surface area contributed by atoms with Gasteiger partial charge in [-0.05, 0) is 61.9 Å². The third-order valence-corrected chi connectivity index (χ3v) is 11.4. The largest absolute Gasteiger partial charge is 0.461 e. The summed E-state index contributed by atoms with van der Waals surface area (Å²) in [6.45, 7) is 10.0. The summed E-state index contributed by atoms with van der Waals surface area (Å²) >= 11 is 0. The fraction of sp³-hybridized carbons (Fsp3) is 0.486. The fourth-order valence-corrected chi connectivity index (χ4v) is 8.95. The molecule has 1 saturated carbocycles. The minimum atomic E-state index is -1.65. The quantitative estimate of drug-likeness (QED) is 0.168. The van der Waals surface area contributed by atoms with Gasteiger partial charge in [-0.2, -0.15) is 9.97 Å². The zero-order chi connectivity index (χ0) is 31.6. The number of benzene rings is 2. The number of anilines is 1. The Morgan fingerprint density at radius 1 is 1.04 bits per heavy atom. The van der Waals surface area contributed by atoms with Gasteiger partial charge < -0.3 is 9.64 Å². The molecule has 2 aromatic carbocycles. The van der Waals surface area contributed by atoms with Crippen LogP contribution in [0.2, 0.25) is 19.6 Å². The van der Waals surface area contributed by atoms with Crippen molar-refractivity contribution in [1.29, 1.82) is 0 Å². The summed E-state index contributed by atoms with van der Waals surface area (Å²) in [4.78, 5) is 18.9. The highest BCUT2D eigenvalue weighted by Gasteiger charge is 2.49. The average molecular weight is 638 g/mol. The van der Waals surface area contributed by atoms with Gasteiger partial charge in [0.2, 0.25) is 0 Å². The first kappa shape index (κ1) is 29.8. The van der Waals surface area contributed by atoms with Gasteiger partial charge in [0.25, 0.3) is 0 Å². The molecule has 4 aromatic rings. The van der Waals surface area contributed by atoms with Gasteiger partial charge in [0.1, 0.15) is 37.9 Å². The Bertz CT molecular complexity index is 1880. The Labute approximate surface area is 270 Å². The lowest BCUT2D eigenvalue weighted by molar-refractivity contribution is 0.107. The Morgan fingerprint density at radius 2 is 1.83 bits per heavy atom.